The van der Waals surface area contributed by atoms with Gasteiger partial charge in [-0.3, -0.25) is 4.31 Å². The smallest absolute Gasteiger partial charge is 0.414 e. The van der Waals surface area contributed by atoms with Crippen molar-refractivity contribution < 1.29 is 34.8 Å². The molecule has 0 amide bonds. The second kappa shape index (κ2) is 8.22. The summed E-state index contributed by atoms with van der Waals surface area (Å²) < 4.78 is 93.9. The van der Waals surface area contributed by atoms with Crippen molar-refractivity contribution in [3.05, 3.63) is 41.1 Å². The average molecular weight is 469 g/mol. The molecule has 0 saturated carbocycles. The molecule has 0 aliphatic rings. The lowest BCUT2D eigenvalue weighted by Gasteiger charge is -2.22. The Labute approximate surface area is 170 Å². The second-order valence-corrected chi connectivity index (χ2v) is 8.97. The van der Waals surface area contributed by atoms with Gasteiger partial charge in [-0.25, -0.2) is 18.4 Å². The molecular weight excluding hydrogens is 457 g/mol. The van der Waals surface area contributed by atoms with Gasteiger partial charge in [0.15, 0.2) is 0 Å². The van der Waals surface area contributed by atoms with Gasteiger partial charge in [0.05, 0.1) is 30.4 Å². The number of sulfonamides is 1. The average Bonchev–Trinajstić information content (AvgIpc) is 3.35. The summed E-state index contributed by atoms with van der Waals surface area (Å²) in [5, 5.41) is 6.90. The van der Waals surface area contributed by atoms with Gasteiger partial charge in [0.2, 0.25) is 10.0 Å². The highest BCUT2D eigenvalue weighted by Crippen LogP contribution is 2.31. The molecule has 0 saturated heterocycles. The molecule has 0 aromatic carbocycles. The fourth-order valence-electron chi connectivity index (χ4n) is 2.23. The summed E-state index contributed by atoms with van der Waals surface area (Å²) in [6, 6.07) is 1.66. The van der Waals surface area contributed by atoms with E-state index < -0.39 is 34.2 Å². The normalized spacial score (nSPS) is 12.5. The highest BCUT2D eigenvalue weighted by atomic mass is 32.2. The number of hydrogen-bond donors (Lipinski definition) is 0. The van der Waals surface area contributed by atoms with Gasteiger partial charge in [0, 0.05) is 0 Å². The lowest BCUT2D eigenvalue weighted by Crippen LogP contribution is -2.32. The van der Waals surface area contributed by atoms with E-state index in [2.05, 4.69) is 20.2 Å². The van der Waals surface area contributed by atoms with Gasteiger partial charge in [0.25, 0.3) is 11.8 Å². The maximum Gasteiger partial charge on any atom is 0.433 e. The summed E-state index contributed by atoms with van der Waals surface area (Å²) in [7, 11) is -3.89. The lowest BCUT2D eigenvalue weighted by molar-refractivity contribution is -0.141. The first-order valence-corrected chi connectivity index (χ1v) is 10.5. The topological polar surface area (TPSA) is 102 Å². The fourth-order valence-corrected chi connectivity index (χ4v) is 4.20. The van der Waals surface area contributed by atoms with Gasteiger partial charge in [0.1, 0.15) is 15.6 Å². The van der Waals surface area contributed by atoms with Crippen molar-refractivity contribution in [1.82, 2.24) is 20.2 Å². The van der Waals surface area contributed by atoms with E-state index in [1.165, 1.54) is 13.1 Å². The molecule has 162 valence electrons. The summed E-state index contributed by atoms with van der Waals surface area (Å²) >= 11 is 0.909. The SMILES string of the molecule is CCS(=O)(=O)N(Cc1ncc(-c2nnc(C(F)F)o2)s1)c1ccc(C(F)(F)F)nc1. The van der Waals surface area contributed by atoms with Crippen LogP contribution < -0.4 is 4.31 Å². The van der Waals surface area contributed by atoms with E-state index >= 15 is 0 Å². The van der Waals surface area contributed by atoms with Crippen molar-refractivity contribution in [2.45, 2.75) is 26.1 Å². The Bertz CT molecular complexity index is 1110. The third-order valence-corrected chi connectivity index (χ3v) is 6.41. The van der Waals surface area contributed by atoms with Gasteiger partial charge in [-0.2, -0.15) is 22.0 Å². The first-order valence-electron chi connectivity index (χ1n) is 8.11. The molecule has 0 radical (unpaired) electrons. The van der Waals surface area contributed by atoms with Gasteiger partial charge < -0.3 is 4.42 Å². The number of halogens is 5. The minimum Gasteiger partial charge on any atom is -0.414 e. The standard InChI is InChI=1S/C15H12F5N5O3S2/c1-2-30(26,27)25(8-3-4-10(21-5-8)15(18,19)20)7-11-22-6-9(29-11)13-23-24-14(28-13)12(16)17/h3-6,12H,2,7H2,1H3. The molecular formula is C15H12F5N5O3S2. The number of anilines is 1. The molecule has 15 heteroatoms. The minimum atomic E-state index is -4.67. The number of hydrogen-bond acceptors (Lipinski definition) is 8. The van der Waals surface area contributed by atoms with Crippen LogP contribution in [0.25, 0.3) is 10.8 Å². The van der Waals surface area contributed by atoms with Crippen molar-refractivity contribution in [3.63, 3.8) is 0 Å². The fraction of sp³-hybridized carbons (Fsp3) is 0.333. The van der Waals surface area contributed by atoms with Crippen LogP contribution >= 0.6 is 11.3 Å². The molecule has 0 aliphatic carbocycles. The molecule has 0 aliphatic heterocycles. The number of aromatic nitrogens is 4. The zero-order chi connectivity index (χ0) is 22.1. The lowest BCUT2D eigenvalue weighted by atomic mass is 10.3. The highest BCUT2D eigenvalue weighted by Gasteiger charge is 2.33. The summed E-state index contributed by atoms with van der Waals surface area (Å²) in [5.41, 5.74) is -1.25. The van der Waals surface area contributed by atoms with Crippen LogP contribution in [0.5, 0.6) is 0 Å². The minimum absolute atomic E-state index is 0.0839. The number of pyridine rings is 1. The molecule has 3 aromatic heterocycles. The van der Waals surface area contributed by atoms with E-state index in [1.807, 2.05) is 0 Å². The molecule has 3 heterocycles. The molecule has 0 unspecified atom stereocenters. The Balaban J connectivity index is 1.89. The Morgan fingerprint density at radius 3 is 2.43 bits per heavy atom. The monoisotopic (exact) mass is 469 g/mol. The number of thiazole rings is 1. The van der Waals surface area contributed by atoms with Gasteiger partial charge in [-0.1, -0.05) is 0 Å². The second-order valence-electron chi connectivity index (χ2n) is 5.67. The van der Waals surface area contributed by atoms with Crippen LogP contribution in [0.3, 0.4) is 0 Å². The Morgan fingerprint density at radius 1 is 1.17 bits per heavy atom. The summed E-state index contributed by atoms with van der Waals surface area (Å²) in [4.78, 5) is 7.52. The molecule has 8 nitrogen and oxygen atoms in total. The Morgan fingerprint density at radius 2 is 1.90 bits per heavy atom. The van der Waals surface area contributed by atoms with Gasteiger partial charge >= 0.3 is 12.6 Å². The van der Waals surface area contributed by atoms with Crippen LogP contribution in [0.15, 0.2) is 28.9 Å². The molecule has 0 spiro atoms. The maximum atomic E-state index is 12.7. The van der Waals surface area contributed by atoms with Crippen molar-refractivity contribution in [2.75, 3.05) is 10.1 Å². The first-order chi connectivity index (χ1) is 14.0. The van der Waals surface area contributed by atoms with Gasteiger partial charge in [-0.15, -0.1) is 21.5 Å². The number of nitrogens with zero attached hydrogens (tertiary/aromatic N) is 5. The van der Waals surface area contributed by atoms with Gasteiger partial charge in [-0.05, 0) is 19.1 Å². The zero-order valence-electron chi connectivity index (χ0n) is 15.0. The third kappa shape index (κ3) is 4.72. The van der Waals surface area contributed by atoms with E-state index in [1.54, 1.807) is 0 Å². The zero-order valence-corrected chi connectivity index (χ0v) is 16.6. The van der Waals surface area contributed by atoms with Crippen molar-refractivity contribution >= 4 is 27.0 Å². The van der Waals surface area contributed by atoms with Crippen LogP contribution in [0.2, 0.25) is 0 Å². The Kier molecular flexibility index (Phi) is 6.03. The summed E-state index contributed by atoms with van der Waals surface area (Å²) in [5.74, 6) is -1.41. The molecule has 3 rings (SSSR count). The van der Waals surface area contributed by atoms with Crippen molar-refractivity contribution in [1.29, 1.82) is 0 Å². The maximum absolute atomic E-state index is 12.7. The molecule has 0 bridgehead atoms. The quantitative estimate of drug-likeness (QED) is 0.484. The third-order valence-electron chi connectivity index (χ3n) is 3.70. The van der Waals surface area contributed by atoms with E-state index in [0.29, 0.717) is 6.07 Å². The Hall–Kier alpha value is -2.68. The van der Waals surface area contributed by atoms with E-state index in [-0.39, 0.29) is 33.8 Å². The molecule has 0 fully saturated rings. The van der Waals surface area contributed by atoms with Crippen LogP contribution in [0, 0.1) is 0 Å². The summed E-state index contributed by atoms with van der Waals surface area (Å²) in [6.45, 7) is 1.06. The van der Waals surface area contributed by atoms with Crippen molar-refractivity contribution in [3.8, 4) is 10.8 Å². The predicted molar refractivity (Wildman–Crippen MR) is 95.2 cm³/mol. The molecule has 0 atom stereocenters. The van der Waals surface area contributed by atoms with E-state index in [4.69, 9.17) is 4.42 Å². The van der Waals surface area contributed by atoms with Crippen LogP contribution in [-0.2, 0) is 22.7 Å². The highest BCUT2D eigenvalue weighted by molar-refractivity contribution is 7.92. The molecule has 0 N–H and O–H groups in total. The van der Waals surface area contributed by atoms with Crippen LogP contribution in [0.1, 0.15) is 29.9 Å². The largest absolute Gasteiger partial charge is 0.433 e. The number of alkyl halides is 5. The number of rotatable bonds is 7. The van der Waals surface area contributed by atoms with E-state index in [0.717, 1.165) is 27.9 Å². The van der Waals surface area contributed by atoms with Crippen LogP contribution in [-0.4, -0.2) is 34.3 Å². The van der Waals surface area contributed by atoms with Crippen molar-refractivity contribution in [2.24, 2.45) is 0 Å². The molecule has 30 heavy (non-hydrogen) atoms. The summed E-state index contributed by atoms with van der Waals surface area (Å²) in [6.07, 6.45) is -5.57. The first kappa shape index (κ1) is 22.0. The predicted octanol–water partition coefficient (Wildman–Crippen LogP) is 3.90. The van der Waals surface area contributed by atoms with Crippen LogP contribution in [0.4, 0.5) is 27.6 Å². The molecule has 3 aromatic rings. The van der Waals surface area contributed by atoms with E-state index in [9.17, 15) is 30.4 Å².